The molecule has 5 nitrogen and oxygen atoms in total. The summed E-state index contributed by atoms with van der Waals surface area (Å²) in [5.41, 5.74) is -1.10. The minimum atomic E-state index is -4.52. The van der Waals surface area contributed by atoms with E-state index in [4.69, 9.17) is 0 Å². The Labute approximate surface area is 158 Å². The number of alkyl halides is 3. The summed E-state index contributed by atoms with van der Waals surface area (Å²) in [5.74, 6) is -0.493. The summed E-state index contributed by atoms with van der Waals surface area (Å²) in [6.07, 6.45) is -4.52. The molecule has 0 bridgehead atoms. The van der Waals surface area contributed by atoms with Crippen molar-refractivity contribution in [2.75, 3.05) is 38.0 Å². The first kappa shape index (κ1) is 19.4. The van der Waals surface area contributed by atoms with Gasteiger partial charge in [0.15, 0.2) is 6.54 Å². The number of anilines is 1. The summed E-state index contributed by atoms with van der Waals surface area (Å²) in [6.45, 7) is 2.24. The Hall–Kier alpha value is -2.39. The maximum absolute atomic E-state index is 13.0. The Balaban J connectivity index is 1.53. The van der Waals surface area contributed by atoms with Crippen LogP contribution in [0, 0.1) is 0 Å². The zero-order valence-corrected chi connectivity index (χ0v) is 15.2. The lowest BCUT2D eigenvalue weighted by molar-refractivity contribution is -0.895. The predicted octanol–water partition coefficient (Wildman–Crippen LogP) is 1.75. The van der Waals surface area contributed by atoms with Gasteiger partial charge in [-0.1, -0.05) is 18.2 Å². The molecule has 0 spiro atoms. The molecule has 1 fully saturated rings. The first-order chi connectivity index (χ1) is 12.8. The van der Waals surface area contributed by atoms with Crippen LogP contribution in [0.4, 0.5) is 18.9 Å². The molecular formula is C18H19F3N3O2S+. The van der Waals surface area contributed by atoms with Crippen molar-refractivity contribution < 1.29 is 27.7 Å². The molecule has 144 valence electrons. The van der Waals surface area contributed by atoms with Crippen LogP contribution in [0.3, 0.4) is 0 Å². The van der Waals surface area contributed by atoms with Crippen LogP contribution in [0.15, 0.2) is 41.8 Å². The van der Waals surface area contributed by atoms with Gasteiger partial charge in [0.25, 0.3) is 11.8 Å². The number of benzene rings is 1. The van der Waals surface area contributed by atoms with Crippen LogP contribution < -0.4 is 10.2 Å². The van der Waals surface area contributed by atoms with Gasteiger partial charge in [0.05, 0.1) is 42.3 Å². The van der Waals surface area contributed by atoms with Crippen molar-refractivity contribution in [3.8, 4) is 0 Å². The molecule has 1 aliphatic heterocycles. The third-order valence-electron chi connectivity index (χ3n) is 4.41. The van der Waals surface area contributed by atoms with Crippen molar-refractivity contribution in [1.82, 2.24) is 4.90 Å². The summed E-state index contributed by atoms with van der Waals surface area (Å²) >= 11 is 1.39. The SMILES string of the molecule is O=C(C[NH+]1CCN(C(=O)c2cccs2)CC1)Nc1ccccc1C(F)(F)F. The molecule has 1 aromatic heterocycles. The van der Waals surface area contributed by atoms with Gasteiger partial charge in [0.1, 0.15) is 0 Å². The Bertz CT molecular complexity index is 800. The third kappa shape index (κ3) is 4.86. The number of para-hydroxylation sites is 1. The minimum Gasteiger partial charge on any atom is -0.327 e. The number of nitrogens with zero attached hydrogens (tertiary/aromatic N) is 1. The van der Waals surface area contributed by atoms with E-state index in [0.29, 0.717) is 31.1 Å². The Morgan fingerprint density at radius 3 is 2.44 bits per heavy atom. The Morgan fingerprint density at radius 1 is 1.11 bits per heavy atom. The van der Waals surface area contributed by atoms with E-state index in [1.807, 2.05) is 11.4 Å². The topological polar surface area (TPSA) is 53.9 Å². The monoisotopic (exact) mass is 398 g/mol. The second-order valence-electron chi connectivity index (χ2n) is 6.29. The van der Waals surface area contributed by atoms with E-state index in [2.05, 4.69) is 5.32 Å². The molecule has 2 aromatic rings. The molecule has 0 unspecified atom stereocenters. The summed E-state index contributed by atoms with van der Waals surface area (Å²) in [6, 6.07) is 8.52. The zero-order valence-electron chi connectivity index (χ0n) is 14.4. The number of nitrogens with one attached hydrogen (secondary N) is 2. The number of quaternary nitrogens is 1. The van der Waals surface area contributed by atoms with Crippen molar-refractivity contribution in [2.24, 2.45) is 0 Å². The molecular weight excluding hydrogens is 379 g/mol. The van der Waals surface area contributed by atoms with Gasteiger partial charge in [0.2, 0.25) is 0 Å². The van der Waals surface area contributed by atoms with Gasteiger partial charge in [-0.25, -0.2) is 0 Å². The van der Waals surface area contributed by atoms with Crippen LogP contribution in [-0.4, -0.2) is 49.4 Å². The van der Waals surface area contributed by atoms with Crippen molar-refractivity contribution in [3.05, 3.63) is 52.2 Å². The second-order valence-corrected chi connectivity index (χ2v) is 7.24. The minimum absolute atomic E-state index is 0.0207. The fourth-order valence-corrected chi connectivity index (χ4v) is 3.71. The lowest BCUT2D eigenvalue weighted by atomic mass is 10.1. The maximum Gasteiger partial charge on any atom is 0.418 e. The number of rotatable bonds is 4. The molecule has 9 heteroatoms. The van der Waals surface area contributed by atoms with Crippen molar-refractivity contribution in [3.63, 3.8) is 0 Å². The third-order valence-corrected chi connectivity index (χ3v) is 5.26. The normalized spacial score (nSPS) is 15.6. The summed E-state index contributed by atoms with van der Waals surface area (Å²) in [5, 5.41) is 4.21. The van der Waals surface area contributed by atoms with E-state index in [0.717, 1.165) is 11.0 Å². The Morgan fingerprint density at radius 2 is 1.81 bits per heavy atom. The van der Waals surface area contributed by atoms with Crippen LogP contribution >= 0.6 is 11.3 Å². The molecule has 0 atom stereocenters. The molecule has 27 heavy (non-hydrogen) atoms. The highest BCUT2D eigenvalue weighted by molar-refractivity contribution is 7.12. The fourth-order valence-electron chi connectivity index (χ4n) is 3.02. The van der Waals surface area contributed by atoms with E-state index in [9.17, 15) is 22.8 Å². The molecule has 2 N–H and O–H groups in total. The molecule has 1 saturated heterocycles. The highest BCUT2D eigenvalue weighted by Crippen LogP contribution is 2.34. The molecule has 1 aromatic carbocycles. The van der Waals surface area contributed by atoms with Crippen LogP contribution in [0.5, 0.6) is 0 Å². The lowest BCUT2D eigenvalue weighted by Crippen LogP contribution is -3.15. The highest BCUT2D eigenvalue weighted by atomic mass is 32.1. The number of carbonyl (C=O) groups is 2. The number of amides is 2. The first-order valence-corrected chi connectivity index (χ1v) is 9.35. The highest BCUT2D eigenvalue weighted by Gasteiger charge is 2.34. The van der Waals surface area contributed by atoms with Gasteiger partial charge in [-0.2, -0.15) is 13.2 Å². The molecule has 0 saturated carbocycles. The molecule has 1 aliphatic rings. The number of piperazine rings is 1. The van der Waals surface area contributed by atoms with E-state index in [1.165, 1.54) is 29.5 Å². The van der Waals surface area contributed by atoms with Gasteiger partial charge in [-0.05, 0) is 23.6 Å². The van der Waals surface area contributed by atoms with E-state index >= 15 is 0 Å². The summed E-state index contributed by atoms with van der Waals surface area (Å²) in [4.78, 5) is 27.8. The van der Waals surface area contributed by atoms with E-state index in [-0.39, 0.29) is 18.1 Å². The van der Waals surface area contributed by atoms with Crippen molar-refractivity contribution in [2.45, 2.75) is 6.18 Å². The number of halogens is 3. The average Bonchev–Trinajstić information content (AvgIpc) is 3.16. The van der Waals surface area contributed by atoms with Gasteiger partial charge in [0, 0.05) is 0 Å². The quantitative estimate of drug-likeness (QED) is 0.825. The van der Waals surface area contributed by atoms with Gasteiger partial charge in [-0.15, -0.1) is 11.3 Å². The van der Waals surface area contributed by atoms with Crippen molar-refractivity contribution >= 4 is 28.8 Å². The second kappa shape index (κ2) is 8.10. The van der Waals surface area contributed by atoms with Gasteiger partial charge < -0.3 is 15.1 Å². The fraction of sp³-hybridized carbons (Fsp3) is 0.333. The van der Waals surface area contributed by atoms with Gasteiger partial charge >= 0.3 is 6.18 Å². The standard InChI is InChI=1S/C18H18F3N3O2S/c19-18(20,21)13-4-1-2-5-14(13)22-16(25)12-23-7-9-24(10-8-23)17(26)15-6-3-11-27-15/h1-6,11H,7-10,12H2,(H,22,25)/p+1. The molecule has 0 aliphatic carbocycles. The summed E-state index contributed by atoms with van der Waals surface area (Å²) < 4.78 is 39.0. The zero-order chi connectivity index (χ0) is 19.4. The number of carbonyl (C=O) groups excluding carboxylic acids is 2. The maximum atomic E-state index is 13.0. The van der Waals surface area contributed by atoms with Crippen LogP contribution in [-0.2, 0) is 11.0 Å². The van der Waals surface area contributed by atoms with Crippen LogP contribution in [0.1, 0.15) is 15.2 Å². The van der Waals surface area contributed by atoms with Gasteiger partial charge in [-0.3, -0.25) is 9.59 Å². The molecule has 2 amide bonds. The largest absolute Gasteiger partial charge is 0.418 e. The lowest BCUT2D eigenvalue weighted by Gasteiger charge is -2.31. The van der Waals surface area contributed by atoms with Crippen LogP contribution in [0.25, 0.3) is 0 Å². The Kier molecular flexibility index (Phi) is 5.81. The smallest absolute Gasteiger partial charge is 0.327 e. The molecule has 2 heterocycles. The first-order valence-electron chi connectivity index (χ1n) is 8.47. The number of hydrogen-bond donors (Lipinski definition) is 2. The molecule has 3 rings (SSSR count). The van der Waals surface area contributed by atoms with E-state index < -0.39 is 17.6 Å². The number of hydrogen-bond acceptors (Lipinski definition) is 3. The average molecular weight is 398 g/mol. The molecule has 0 radical (unpaired) electrons. The van der Waals surface area contributed by atoms with E-state index in [1.54, 1.807) is 11.0 Å². The predicted molar refractivity (Wildman–Crippen MR) is 95.9 cm³/mol. The van der Waals surface area contributed by atoms with Crippen LogP contribution in [0.2, 0.25) is 0 Å². The number of thiophene rings is 1. The van der Waals surface area contributed by atoms with Crippen molar-refractivity contribution in [1.29, 1.82) is 0 Å². The summed E-state index contributed by atoms with van der Waals surface area (Å²) in [7, 11) is 0.